The van der Waals surface area contributed by atoms with Gasteiger partial charge >= 0.3 is 0 Å². The number of phenols is 2. The highest BCUT2D eigenvalue weighted by molar-refractivity contribution is 6.05. The lowest BCUT2D eigenvalue weighted by Gasteiger charge is -2.08. The Kier molecular flexibility index (Phi) is 3.53. The number of hydrogen-bond donors (Lipinski definition) is 3. The molecule has 0 bridgehead atoms. The van der Waals surface area contributed by atoms with Gasteiger partial charge in [-0.3, -0.25) is 4.79 Å². The summed E-state index contributed by atoms with van der Waals surface area (Å²) in [4.78, 5) is 11.9. The van der Waals surface area contributed by atoms with Gasteiger partial charge in [-0.2, -0.15) is 5.26 Å². The number of nitriles is 1. The van der Waals surface area contributed by atoms with Crippen LogP contribution in [0.4, 0.5) is 10.1 Å². The predicted molar refractivity (Wildman–Crippen MR) is 68.8 cm³/mol. The average molecular weight is 272 g/mol. The lowest BCUT2D eigenvalue weighted by molar-refractivity contribution is 0.102. The van der Waals surface area contributed by atoms with Gasteiger partial charge in [0.05, 0.1) is 11.3 Å². The van der Waals surface area contributed by atoms with Gasteiger partial charge in [0.2, 0.25) is 0 Å². The van der Waals surface area contributed by atoms with Crippen LogP contribution in [0.15, 0.2) is 36.4 Å². The molecule has 0 saturated carbocycles. The molecule has 3 N–H and O–H groups in total. The first-order valence-electron chi connectivity index (χ1n) is 5.53. The van der Waals surface area contributed by atoms with E-state index in [2.05, 4.69) is 5.32 Å². The molecule has 0 aliphatic carbocycles. The molecular weight excluding hydrogens is 263 g/mol. The van der Waals surface area contributed by atoms with Crippen molar-refractivity contribution in [3.8, 4) is 17.6 Å². The normalized spacial score (nSPS) is 9.80. The molecule has 0 aliphatic rings. The zero-order valence-corrected chi connectivity index (χ0v) is 10.1. The molecule has 0 unspecified atom stereocenters. The third-order valence-corrected chi connectivity index (χ3v) is 2.51. The maximum Gasteiger partial charge on any atom is 0.255 e. The maximum atomic E-state index is 13.0. The van der Waals surface area contributed by atoms with Crippen molar-refractivity contribution in [2.45, 2.75) is 0 Å². The van der Waals surface area contributed by atoms with Crippen LogP contribution in [0.5, 0.6) is 11.5 Å². The summed E-state index contributed by atoms with van der Waals surface area (Å²) in [6.45, 7) is 0. The number of hydrogen-bond acceptors (Lipinski definition) is 4. The molecule has 0 heterocycles. The number of nitrogens with zero attached hydrogens (tertiary/aromatic N) is 1. The molecular formula is C14H9FN2O3. The number of nitrogens with one attached hydrogen (secondary N) is 1. The second-order valence-electron chi connectivity index (χ2n) is 3.99. The number of halogens is 1. The number of phenolic OH excluding ortho intramolecular Hbond substituents is 2. The molecule has 100 valence electrons. The number of amides is 1. The zero-order valence-electron chi connectivity index (χ0n) is 10.1. The smallest absolute Gasteiger partial charge is 0.255 e. The van der Waals surface area contributed by atoms with Crippen LogP contribution in [0, 0.1) is 17.1 Å². The molecule has 6 heteroatoms. The molecule has 0 radical (unpaired) electrons. The highest BCUT2D eigenvalue weighted by Crippen LogP contribution is 2.22. The molecule has 2 aromatic rings. The fourth-order valence-corrected chi connectivity index (χ4v) is 1.64. The summed E-state index contributed by atoms with van der Waals surface area (Å²) < 4.78 is 13.0. The monoisotopic (exact) mass is 272 g/mol. The van der Waals surface area contributed by atoms with E-state index in [-0.39, 0.29) is 28.3 Å². The summed E-state index contributed by atoms with van der Waals surface area (Å²) in [5.74, 6) is -1.77. The summed E-state index contributed by atoms with van der Waals surface area (Å²) in [7, 11) is 0. The van der Waals surface area contributed by atoms with Gasteiger partial charge in [-0.15, -0.1) is 0 Å². The number of aromatic hydroxyl groups is 2. The van der Waals surface area contributed by atoms with Gasteiger partial charge in [-0.25, -0.2) is 4.39 Å². The van der Waals surface area contributed by atoms with Gasteiger partial charge in [-0.05, 0) is 30.3 Å². The Balaban J connectivity index is 2.30. The van der Waals surface area contributed by atoms with Crippen LogP contribution < -0.4 is 5.32 Å². The van der Waals surface area contributed by atoms with Crippen molar-refractivity contribution in [2.24, 2.45) is 0 Å². The molecule has 0 aliphatic heterocycles. The van der Waals surface area contributed by atoms with E-state index < -0.39 is 11.7 Å². The quantitative estimate of drug-likeness (QED) is 0.782. The van der Waals surface area contributed by atoms with Crippen LogP contribution in [0.2, 0.25) is 0 Å². The molecule has 0 atom stereocenters. The first kappa shape index (κ1) is 13.4. The minimum atomic E-state index is -0.640. The zero-order chi connectivity index (χ0) is 14.7. The van der Waals surface area contributed by atoms with E-state index in [4.69, 9.17) is 5.26 Å². The Morgan fingerprint density at radius 3 is 2.40 bits per heavy atom. The average Bonchev–Trinajstić information content (AvgIpc) is 2.39. The van der Waals surface area contributed by atoms with Crippen molar-refractivity contribution in [1.82, 2.24) is 0 Å². The highest BCUT2D eigenvalue weighted by atomic mass is 19.1. The highest BCUT2D eigenvalue weighted by Gasteiger charge is 2.11. The molecule has 20 heavy (non-hydrogen) atoms. The van der Waals surface area contributed by atoms with Gasteiger partial charge in [0.1, 0.15) is 23.4 Å². The number of benzene rings is 2. The van der Waals surface area contributed by atoms with E-state index in [1.165, 1.54) is 6.07 Å². The van der Waals surface area contributed by atoms with Crippen molar-refractivity contribution in [3.05, 3.63) is 53.3 Å². The Morgan fingerprint density at radius 1 is 1.15 bits per heavy atom. The summed E-state index contributed by atoms with van der Waals surface area (Å²) in [6, 6.07) is 8.52. The SMILES string of the molecule is N#Cc1cc(F)ccc1NC(=O)c1cc(O)cc(O)c1. The molecule has 5 nitrogen and oxygen atoms in total. The van der Waals surface area contributed by atoms with Crippen molar-refractivity contribution < 1.29 is 19.4 Å². The first-order chi connectivity index (χ1) is 9.49. The second-order valence-corrected chi connectivity index (χ2v) is 3.99. The second kappa shape index (κ2) is 5.28. The lowest BCUT2D eigenvalue weighted by Crippen LogP contribution is -2.12. The Morgan fingerprint density at radius 2 is 1.80 bits per heavy atom. The van der Waals surface area contributed by atoms with E-state index in [9.17, 15) is 19.4 Å². The van der Waals surface area contributed by atoms with Crippen LogP contribution in [0.25, 0.3) is 0 Å². The third-order valence-electron chi connectivity index (χ3n) is 2.51. The fourth-order valence-electron chi connectivity index (χ4n) is 1.64. The molecule has 1 amide bonds. The van der Waals surface area contributed by atoms with Crippen LogP contribution in [-0.2, 0) is 0 Å². The van der Waals surface area contributed by atoms with E-state index in [1.54, 1.807) is 6.07 Å². The number of anilines is 1. The lowest BCUT2D eigenvalue weighted by atomic mass is 10.1. The fraction of sp³-hybridized carbons (Fsp3) is 0. The van der Waals surface area contributed by atoms with Gasteiger partial charge in [0.15, 0.2) is 0 Å². The molecule has 0 saturated heterocycles. The minimum absolute atomic E-state index is 0.00992. The number of carbonyl (C=O) groups is 1. The molecule has 0 aromatic heterocycles. The van der Waals surface area contributed by atoms with Crippen molar-refractivity contribution in [1.29, 1.82) is 5.26 Å². The van der Waals surface area contributed by atoms with Gasteiger partial charge in [-0.1, -0.05) is 0 Å². The van der Waals surface area contributed by atoms with Crippen LogP contribution in [0.1, 0.15) is 15.9 Å². The van der Waals surface area contributed by atoms with Gasteiger partial charge in [0.25, 0.3) is 5.91 Å². The van der Waals surface area contributed by atoms with E-state index >= 15 is 0 Å². The standard InChI is InChI=1S/C14H9FN2O3/c15-10-1-2-13(9(3-10)7-16)17-14(20)8-4-11(18)6-12(19)5-8/h1-6,18-19H,(H,17,20). The van der Waals surface area contributed by atoms with Crippen molar-refractivity contribution in [2.75, 3.05) is 5.32 Å². The topological polar surface area (TPSA) is 93.4 Å². The summed E-state index contributed by atoms with van der Waals surface area (Å²) in [5.41, 5.74) is 0.125. The number of carbonyl (C=O) groups excluding carboxylic acids is 1. The Labute approximate surface area is 113 Å². The number of rotatable bonds is 2. The Hall–Kier alpha value is -3.07. The minimum Gasteiger partial charge on any atom is -0.508 e. The summed E-state index contributed by atoms with van der Waals surface area (Å²) in [6.07, 6.45) is 0. The first-order valence-corrected chi connectivity index (χ1v) is 5.53. The largest absolute Gasteiger partial charge is 0.508 e. The molecule has 0 spiro atoms. The summed E-state index contributed by atoms with van der Waals surface area (Å²) >= 11 is 0. The van der Waals surface area contributed by atoms with Gasteiger partial charge < -0.3 is 15.5 Å². The van der Waals surface area contributed by atoms with E-state index in [1.807, 2.05) is 0 Å². The van der Waals surface area contributed by atoms with Crippen LogP contribution >= 0.6 is 0 Å². The van der Waals surface area contributed by atoms with Gasteiger partial charge in [0, 0.05) is 11.6 Å². The molecule has 2 aromatic carbocycles. The van der Waals surface area contributed by atoms with E-state index in [0.717, 1.165) is 30.3 Å². The molecule has 0 fully saturated rings. The maximum absolute atomic E-state index is 13.0. The molecule has 2 rings (SSSR count). The van der Waals surface area contributed by atoms with Crippen LogP contribution in [-0.4, -0.2) is 16.1 Å². The Bertz CT molecular complexity index is 703. The predicted octanol–water partition coefficient (Wildman–Crippen LogP) is 2.36. The summed E-state index contributed by atoms with van der Waals surface area (Å²) in [5, 5.41) is 29.9. The van der Waals surface area contributed by atoms with Crippen LogP contribution in [0.3, 0.4) is 0 Å². The van der Waals surface area contributed by atoms with Crippen molar-refractivity contribution in [3.63, 3.8) is 0 Å². The van der Waals surface area contributed by atoms with Crippen molar-refractivity contribution >= 4 is 11.6 Å². The van der Waals surface area contributed by atoms with E-state index in [0.29, 0.717) is 0 Å². The third kappa shape index (κ3) is 2.84.